The maximum Gasteiger partial charge on any atom is 0.327 e. The van der Waals surface area contributed by atoms with Crippen molar-refractivity contribution in [1.82, 2.24) is 14.9 Å². The van der Waals surface area contributed by atoms with E-state index in [9.17, 15) is 4.79 Å². The molecule has 0 spiro atoms. The van der Waals surface area contributed by atoms with Crippen LogP contribution in [0.4, 0.5) is 0 Å². The van der Waals surface area contributed by atoms with E-state index >= 15 is 0 Å². The number of aromatic nitrogens is 1. The van der Waals surface area contributed by atoms with Crippen LogP contribution in [0.15, 0.2) is 82.3 Å². The number of hydrogen-bond donors (Lipinski definition) is 0. The minimum Gasteiger partial charge on any atom is -0.494 e. The largest absolute Gasteiger partial charge is 0.494 e. The molecule has 8 heteroatoms. The van der Waals surface area contributed by atoms with Gasteiger partial charge < -0.3 is 23.6 Å². The van der Waals surface area contributed by atoms with E-state index in [1.165, 1.54) is 19.3 Å². The molecule has 4 rings (SSSR count). The van der Waals surface area contributed by atoms with E-state index in [1.54, 1.807) is 7.05 Å². The monoisotopic (exact) mass is 493 g/mol. The van der Waals surface area contributed by atoms with Gasteiger partial charge in [0.1, 0.15) is 17.6 Å². The molecule has 1 aromatic carbocycles. The summed E-state index contributed by atoms with van der Waals surface area (Å²) < 4.78 is 16.0. The highest BCUT2D eigenvalue weighted by Crippen LogP contribution is 2.29. The molecule has 0 fully saturated rings. The lowest BCUT2D eigenvalue weighted by Gasteiger charge is -2.33. The maximum atomic E-state index is 12.0. The summed E-state index contributed by atoms with van der Waals surface area (Å²) in [6, 6.07) is 9.40. The third-order valence-electron chi connectivity index (χ3n) is 5.97. The zero-order valence-corrected chi connectivity index (χ0v) is 21.9. The smallest absolute Gasteiger partial charge is 0.327 e. The van der Waals surface area contributed by atoms with Gasteiger partial charge in [0, 0.05) is 36.5 Å². The van der Waals surface area contributed by atoms with E-state index in [2.05, 4.69) is 4.98 Å². The van der Waals surface area contributed by atoms with Crippen LogP contribution in [0.1, 0.15) is 24.8 Å². The lowest BCUT2D eigenvalue weighted by molar-refractivity contribution is -0.177. The number of rotatable bonds is 8. The lowest BCUT2D eigenvalue weighted by atomic mass is 10.0. The van der Waals surface area contributed by atoms with E-state index in [0.717, 1.165) is 40.5 Å². The number of esters is 1. The van der Waals surface area contributed by atoms with Gasteiger partial charge in [-0.15, -0.1) is 0 Å². The highest BCUT2D eigenvalue weighted by atomic mass is 16.7. The van der Waals surface area contributed by atoms with Crippen LogP contribution in [0, 0.1) is 13.8 Å². The summed E-state index contributed by atoms with van der Waals surface area (Å²) in [5.74, 6) is 2.16. The quantitative estimate of drug-likeness (QED) is 0.378. The first-order chi connectivity index (χ1) is 17.4. The van der Waals surface area contributed by atoms with Gasteiger partial charge in [-0.3, -0.25) is 4.79 Å². The summed E-state index contributed by atoms with van der Waals surface area (Å²) in [4.78, 5) is 23.5. The SMILES string of the molecule is CCOC1=C2C=CN(CC(C(=O)OC)N(C)OC)C(=CC=C1)C2.Cc1nc(-c2ccccc2)oc1C. The topological polar surface area (TPSA) is 77.3 Å². The number of nitrogens with zero attached hydrogens (tertiary/aromatic N) is 3. The number of likely N-dealkylation sites (N-methyl/N-ethyl adjacent to an activating group) is 1. The van der Waals surface area contributed by atoms with Crippen LogP contribution < -0.4 is 0 Å². The van der Waals surface area contributed by atoms with Crippen molar-refractivity contribution < 1.29 is 23.5 Å². The molecule has 0 N–H and O–H groups in total. The Morgan fingerprint density at radius 1 is 1.19 bits per heavy atom. The Hall–Kier alpha value is -3.62. The Morgan fingerprint density at radius 3 is 2.56 bits per heavy atom. The van der Waals surface area contributed by atoms with E-state index in [-0.39, 0.29) is 5.97 Å². The molecule has 1 unspecified atom stereocenters. The van der Waals surface area contributed by atoms with Crippen molar-refractivity contribution in [2.75, 3.05) is 34.4 Å². The second kappa shape index (κ2) is 12.9. The molecular formula is C28H35N3O5. The number of aryl methyl sites for hydroxylation is 2. The molecule has 2 aliphatic rings. The van der Waals surface area contributed by atoms with Crippen molar-refractivity contribution in [2.45, 2.75) is 33.2 Å². The van der Waals surface area contributed by atoms with Crippen molar-refractivity contribution in [3.63, 3.8) is 0 Å². The fourth-order valence-electron chi connectivity index (χ4n) is 3.75. The number of oxazole rings is 1. The number of fused-ring (bicyclic) bond motifs is 2. The van der Waals surface area contributed by atoms with Gasteiger partial charge in [0.05, 0.1) is 33.1 Å². The molecule has 1 aliphatic carbocycles. The van der Waals surface area contributed by atoms with Crippen molar-refractivity contribution >= 4 is 5.97 Å². The second-order valence-corrected chi connectivity index (χ2v) is 8.28. The summed E-state index contributed by atoms with van der Waals surface area (Å²) in [6.45, 7) is 6.94. The number of benzene rings is 1. The zero-order valence-electron chi connectivity index (χ0n) is 21.9. The number of hydrogen-bond acceptors (Lipinski definition) is 8. The molecule has 0 radical (unpaired) electrons. The molecule has 0 saturated heterocycles. The first-order valence-corrected chi connectivity index (χ1v) is 11.9. The van der Waals surface area contributed by atoms with E-state index in [4.69, 9.17) is 18.7 Å². The summed E-state index contributed by atoms with van der Waals surface area (Å²) >= 11 is 0. The molecule has 2 heterocycles. The van der Waals surface area contributed by atoms with Crippen LogP contribution in [-0.4, -0.2) is 61.4 Å². The standard InChI is InChI=1S/C17H24N2O4.C11H11NO/c1-5-23-16-8-6-7-14-11-13(16)9-10-19(14)12-15(17(20)21-3)18(2)22-4;1-8-9(2)13-11(12-8)10-6-4-3-5-7-10/h6-10,15H,5,11-12H2,1-4H3;3-7H,1-2H3. The van der Waals surface area contributed by atoms with Gasteiger partial charge in [-0.1, -0.05) is 24.3 Å². The predicted molar refractivity (Wildman–Crippen MR) is 138 cm³/mol. The lowest BCUT2D eigenvalue weighted by Crippen LogP contribution is -2.46. The fraction of sp³-hybridized carbons (Fsp3) is 0.357. The molecule has 8 nitrogen and oxygen atoms in total. The molecule has 0 saturated carbocycles. The number of carbonyl (C=O) groups is 1. The number of methoxy groups -OCH3 is 1. The van der Waals surface area contributed by atoms with Crippen molar-refractivity contribution in [3.05, 3.63) is 89.3 Å². The number of hydroxylamine groups is 2. The van der Waals surface area contributed by atoms with Crippen LogP contribution >= 0.6 is 0 Å². The molecule has 1 aliphatic heterocycles. The normalized spacial score (nSPS) is 15.2. The first-order valence-electron chi connectivity index (χ1n) is 11.9. The van der Waals surface area contributed by atoms with Crippen molar-refractivity contribution in [3.8, 4) is 11.5 Å². The van der Waals surface area contributed by atoms with Gasteiger partial charge in [-0.2, -0.15) is 5.06 Å². The third kappa shape index (κ3) is 6.74. The highest BCUT2D eigenvalue weighted by Gasteiger charge is 2.29. The average Bonchev–Trinajstić information content (AvgIpc) is 3.15. The number of allylic oxidation sites excluding steroid dienone is 5. The minimum atomic E-state index is -0.514. The number of carbonyl (C=O) groups excluding carboxylic acids is 1. The molecule has 1 aromatic heterocycles. The molecule has 2 bridgehead atoms. The van der Waals surface area contributed by atoms with Gasteiger partial charge >= 0.3 is 5.97 Å². The fourth-order valence-corrected chi connectivity index (χ4v) is 3.75. The van der Waals surface area contributed by atoms with Gasteiger partial charge in [-0.25, -0.2) is 4.98 Å². The van der Waals surface area contributed by atoms with Crippen LogP contribution in [-0.2, 0) is 19.1 Å². The van der Waals surface area contributed by atoms with E-state index < -0.39 is 6.04 Å². The Labute approximate surface area is 213 Å². The maximum absolute atomic E-state index is 12.0. The molecule has 0 amide bonds. The summed E-state index contributed by atoms with van der Waals surface area (Å²) in [6.07, 6.45) is 10.7. The molecule has 2 aromatic rings. The summed E-state index contributed by atoms with van der Waals surface area (Å²) in [5.41, 5.74) is 4.22. The Balaban J connectivity index is 0.000000233. The van der Waals surface area contributed by atoms with Crippen molar-refractivity contribution in [1.29, 1.82) is 0 Å². The van der Waals surface area contributed by atoms with Crippen LogP contribution in [0.5, 0.6) is 0 Å². The van der Waals surface area contributed by atoms with E-state index in [1.807, 2.05) is 86.5 Å². The Bertz CT molecular complexity index is 1130. The summed E-state index contributed by atoms with van der Waals surface area (Å²) in [7, 11) is 4.63. The Kier molecular flexibility index (Phi) is 9.67. The third-order valence-corrected chi connectivity index (χ3v) is 5.97. The number of ether oxygens (including phenoxy) is 2. The van der Waals surface area contributed by atoms with Gasteiger partial charge in [0.15, 0.2) is 0 Å². The van der Waals surface area contributed by atoms with Gasteiger partial charge in [0.25, 0.3) is 0 Å². The van der Waals surface area contributed by atoms with Crippen LogP contribution in [0.2, 0.25) is 0 Å². The highest BCUT2D eigenvalue weighted by molar-refractivity contribution is 5.75. The molecule has 192 valence electrons. The van der Waals surface area contributed by atoms with Crippen molar-refractivity contribution in [2.24, 2.45) is 0 Å². The van der Waals surface area contributed by atoms with Crippen LogP contribution in [0.25, 0.3) is 11.5 Å². The first kappa shape index (κ1) is 27.0. The predicted octanol–water partition coefficient (Wildman–Crippen LogP) is 4.94. The van der Waals surface area contributed by atoms with Gasteiger partial charge in [-0.05, 0) is 51.1 Å². The summed E-state index contributed by atoms with van der Waals surface area (Å²) in [5, 5.41) is 1.50. The van der Waals surface area contributed by atoms with Gasteiger partial charge in [0.2, 0.25) is 5.89 Å². The average molecular weight is 494 g/mol. The second-order valence-electron chi connectivity index (χ2n) is 8.28. The molecule has 36 heavy (non-hydrogen) atoms. The minimum absolute atomic E-state index is 0.330. The molecule has 1 atom stereocenters. The molecular weight excluding hydrogens is 458 g/mol. The van der Waals surface area contributed by atoms with Crippen LogP contribution in [0.3, 0.4) is 0 Å². The Morgan fingerprint density at radius 2 is 1.94 bits per heavy atom. The van der Waals surface area contributed by atoms with E-state index in [0.29, 0.717) is 19.0 Å². The zero-order chi connectivity index (χ0) is 26.1.